The highest BCUT2D eigenvalue weighted by Gasteiger charge is 2.21. The van der Waals surface area contributed by atoms with E-state index < -0.39 is 0 Å². The Morgan fingerprint density at radius 3 is 1.39 bits per heavy atom. The molecular weight excluding hydrogens is 541 g/mol. The number of hydrogen-bond acceptors (Lipinski definition) is 2. The second kappa shape index (κ2) is 14.0. The van der Waals surface area contributed by atoms with Gasteiger partial charge in [0, 0.05) is 26.2 Å². The SMILES string of the molecule is Cl.Cl.Clc1ccc2c(c1Cl)CN(CCCCCCCN1CCc3ccc(Cl)c(Cl)c3C1)CC2. The van der Waals surface area contributed by atoms with E-state index in [2.05, 4.69) is 21.9 Å². The van der Waals surface area contributed by atoms with Crippen molar-refractivity contribution in [2.45, 2.75) is 58.0 Å². The van der Waals surface area contributed by atoms with Crippen molar-refractivity contribution in [2.24, 2.45) is 0 Å². The van der Waals surface area contributed by atoms with Crippen molar-refractivity contribution in [1.82, 2.24) is 9.80 Å². The summed E-state index contributed by atoms with van der Waals surface area (Å²) in [6.07, 6.45) is 8.51. The molecule has 8 heteroatoms. The maximum absolute atomic E-state index is 6.43. The third-order valence-electron chi connectivity index (χ3n) is 6.69. The van der Waals surface area contributed by atoms with Crippen LogP contribution in [0.15, 0.2) is 24.3 Å². The summed E-state index contributed by atoms with van der Waals surface area (Å²) in [6, 6.07) is 8.10. The van der Waals surface area contributed by atoms with Crippen molar-refractivity contribution >= 4 is 71.2 Å². The Hall–Kier alpha value is 0.1000. The average Bonchev–Trinajstić information content (AvgIpc) is 2.78. The van der Waals surface area contributed by atoms with Crippen molar-refractivity contribution in [3.05, 3.63) is 66.6 Å². The highest BCUT2D eigenvalue weighted by atomic mass is 35.5. The number of benzene rings is 2. The quantitative estimate of drug-likeness (QED) is 0.292. The van der Waals surface area contributed by atoms with Crippen LogP contribution in [0.2, 0.25) is 20.1 Å². The number of rotatable bonds is 8. The van der Waals surface area contributed by atoms with Crippen molar-refractivity contribution in [3.8, 4) is 0 Å². The van der Waals surface area contributed by atoms with E-state index in [1.807, 2.05) is 12.1 Å². The van der Waals surface area contributed by atoms with Crippen LogP contribution in [-0.2, 0) is 25.9 Å². The van der Waals surface area contributed by atoms with Gasteiger partial charge in [0.1, 0.15) is 0 Å². The van der Waals surface area contributed by atoms with Gasteiger partial charge >= 0.3 is 0 Å². The maximum Gasteiger partial charge on any atom is 0.0640 e. The molecule has 0 fully saturated rings. The second-order valence-electron chi connectivity index (χ2n) is 8.82. The van der Waals surface area contributed by atoms with Gasteiger partial charge in [0.2, 0.25) is 0 Å². The molecule has 2 aliphatic heterocycles. The Kier molecular flexibility index (Phi) is 12.4. The molecule has 0 unspecified atom stereocenters. The molecule has 0 spiro atoms. The van der Waals surface area contributed by atoms with Crippen LogP contribution in [0.5, 0.6) is 0 Å². The minimum Gasteiger partial charge on any atom is -0.299 e. The van der Waals surface area contributed by atoms with E-state index in [9.17, 15) is 0 Å². The summed E-state index contributed by atoms with van der Waals surface area (Å²) in [4.78, 5) is 5.04. The summed E-state index contributed by atoms with van der Waals surface area (Å²) in [7, 11) is 0. The molecule has 0 saturated carbocycles. The molecule has 0 N–H and O–H groups in total. The molecule has 2 nitrogen and oxygen atoms in total. The van der Waals surface area contributed by atoms with Gasteiger partial charge in [-0.2, -0.15) is 0 Å². The molecule has 2 aliphatic rings. The predicted molar refractivity (Wildman–Crippen MR) is 148 cm³/mol. The van der Waals surface area contributed by atoms with Crippen molar-refractivity contribution in [1.29, 1.82) is 0 Å². The van der Waals surface area contributed by atoms with Crippen LogP contribution >= 0.6 is 71.2 Å². The summed E-state index contributed by atoms with van der Waals surface area (Å²) in [5.74, 6) is 0. The van der Waals surface area contributed by atoms with Gasteiger partial charge in [0.15, 0.2) is 0 Å². The van der Waals surface area contributed by atoms with Gasteiger partial charge in [0.05, 0.1) is 20.1 Å². The monoisotopic (exact) mass is 570 g/mol. The normalized spacial score (nSPS) is 15.9. The zero-order valence-corrected chi connectivity index (χ0v) is 23.4. The van der Waals surface area contributed by atoms with Gasteiger partial charge < -0.3 is 0 Å². The lowest BCUT2D eigenvalue weighted by Gasteiger charge is -2.30. The standard InChI is InChI=1S/C25H30Cl4N2.2ClH/c26-22-8-6-18-10-14-30(16-20(18)24(22)28)12-4-2-1-3-5-13-31-15-11-19-7-9-23(27)25(29)21(19)17-31;;/h6-9H,1-5,10-17H2;2*1H. The second-order valence-corrected chi connectivity index (χ2v) is 10.4. The molecule has 2 heterocycles. The zero-order valence-electron chi connectivity index (χ0n) is 18.7. The summed E-state index contributed by atoms with van der Waals surface area (Å²) in [5, 5.41) is 2.83. The van der Waals surface area contributed by atoms with E-state index in [4.69, 9.17) is 46.4 Å². The molecule has 0 radical (unpaired) electrons. The van der Waals surface area contributed by atoms with Gasteiger partial charge in [-0.3, -0.25) is 9.80 Å². The first-order valence-electron chi connectivity index (χ1n) is 11.4. The van der Waals surface area contributed by atoms with Crippen LogP contribution in [0, 0.1) is 0 Å². The molecule has 0 aliphatic carbocycles. The fourth-order valence-corrected chi connectivity index (χ4v) is 5.66. The molecule has 0 aromatic heterocycles. The fourth-order valence-electron chi connectivity index (χ4n) is 4.82. The lowest BCUT2D eigenvalue weighted by Crippen LogP contribution is -2.31. The summed E-state index contributed by atoms with van der Waals surface area (Å²) in [5.41, 5.74) is 5.17. The zero-order chi connectivity index (χ0) is 21.8. The molecule has 0 saturated heterocycles. The molecule has 2 aromatic carbocycles. The smallest absolute Gasteiger partial charge is 0.0640 e. The number of halogens is 6. The van der Waals surface area contributed by atoms with E-state index in [0.29, 0.717) is 10.0 Å². The fraction of sp³-hybridized carbons (Fsp3) is 0.520. The van der Waals surface area contributed by atoms with Gasteiger partial charge in [-0.05, 0) is 73.2 Å². The van der Waals surface area contributed by atoms with Crippen LogP contribution in [0.3, 0.4) is 0 Å². The van der Waals surface area contributed by atoms with Crippen molar-refractivity contribution in [3.63, 3.8) is 0 Å². The van der Waals surface area contributed by atoms with E-state index in [1.54, 1.807) is 0 Å². The van der Waals surface area contributed by atoms with Crippen LogP contribution < -0.4 is 0 Å². The third-order valence-corrected chi connectivity index (χ3v) is 8.38. The number of nitrogens with zero attached hydrogens (tertiary/aromatic N) is 2. The Bertz CT molecular complexity index is 847. The first-order chi connectivity index (χ1) is 15.0. The largest absolute Gasteiger partial charge is 0.299 e. The van der Waals surface area contributed by atoms with E-state index in [0.717, 1.165) is 62.2 Å². The summed E-state index contributed by atoms with van der Waals surface area (Å²) in [6.45, 7) is 6.38. The molecular formula is C25H32Cl6N2. The summed E-state index contributed by atoms with van der Waals surface area (Å²) >= 11 is 25.2. The highest BCUT2D eigenvalue weighted by Crippen LogP contribution is 2.33. The van der Waals surface area contributed by atoms with Crippen LogP contribution in [0.1, 0.15) is 54.4 Å². The van der Waals surface area contributed by atoms with Crippen LogP contribution in [0.25, 0.3) is 0 Å². The van der Waals surface area contributed by atoms with Gasteiger partial charge in [-0.1, -0.05) is 77.8 Å². The summed E-state index contributed by atoms with van der Waals surface area (Å²) < 4.78 is 0. The topological polar surface area (TPSA) is 6.48 Å². The molecule has 0 amide bonds. The lowest BCUT2D eigenvalue weighted by molar-refractivity contribution is 0.242. The molecule has 2 aromatic rings. The molecule has 0 bridgehead atoms. The molecule has 4 rings (SSSR count). The minimum atomic E-state index is 0. The number of unbranched alkanes of at least 4 members (excludes halogenated alkanes) is 4. The Balaban J connectivity index is 0.00000193. The van der Waals surface area contributed by atoms with E-state index in [-0.39, 0.29) is 24.8 Å². The Morgan fingerprint density at radius 2 is 0.970 bits per heavy atom. The van der Waals surface area contributed by atoms with Gasteiger partial charge in [-0.25, -0.2) is 0 Å². The number of hydrogen-bond donors (Lipinski definition) is 0. The lowest BCUT2D eigenvalue weighted by atomic mass is 9.99. The Morgan fingerprint density at radius 1 is 0.576 bits per heavy atom. The highest BCUT2D eigenvalue weighted by molar-refractivity contribution is 6.43. The number of fused-ring (bicyclic) bond motifs is 2. The predicted octanol–water partition coefficient (Wildman–Crippen LogP) is 8.51. The van der Waals surface area contributed by atoms with Gasteiger partial charge in [0.25, 0.3) is 0 Å². The minimum absolute atomic E-state index is 0. The first kappa shape index (κ1) is 29.3. The first-order valence-corrected chi connectivity index (χ1v) is 12.9. The van der Waals surface area contributed by atoms with Gasteiger partial charge in [-0.15, -0.1) is 24.8 Å². The van der Waals surface area contributed by atoms with Crippen molar-refractivity contribution in [2.75, 3.05) is 26.2 Å². The van der Waals surface area contributed by atoms with Crippen LogP contribution in [0.4, 0.5) is 0 Å². The molecule has 0 atom stereocenters. The van der Waals surface area contributed by atoms with E-state index >= 15 is 0 Å². The van der Waals surface area contributed by atoms with Crippen molar-refractivity contribution < 1.29 is 0 Å². The average molecular weight is 573 g/mol. The van der Waals surface area contributed by atoms with E-state index in [1.165, 1.54) is 54.4 Å². The maximum atomic E-state index is 6.43. The Labute approximate surface area is 230 Å². The molecule has 33 heavy (non-hydrogen) atoms. The third kappa shape index (κ3) is 7.54. The van der Waals surface area contributed by atoms with Crippen LogP contribution in [-0.4, -0.2) is 36.0 Å². The molecule has 184 valence electrons.